The summed E-state index contributed by atoms with van der Waals surface area (Å²) < 4.78 is 5.04. The zero-order valence-corrected chi connectivity index (χ0v) is 10.9. The van der Waals surface area contributed by atoms with Crippen LogP contribution >= 0.6 is 0 Å². The summed E-state index contributed by atoms with van der Waals surface area (Å²) in [5.74, 6) is -0.228. The second-order valence-electron chi connectivity index (χ2n) is 4.63. The van der Waals surface area contributed by atoms with Crippen LogP contribution in [0.5, 0.6) is 0 Å². The van der Waals surface area contributed by atoms with E-state index in [-0.39, 0.29) is 5.97 Å². The van der Waals surface area contributed by atoms with Gasteiger partial charge in [-0.15, -0.1) is 0 Å². The van der Waals surface area contributed by atoms with Crippen LogP contribution in [0.3, 0.4) is 0 Å². The second kappa shape index (κ2) is 6.39. The number of ether oxygens (including phenoxy) is 1. The van der Waals surface area contributed by atoms with Crippen LogP contribution in [0, 0.1) is 0 Å². The quantitative estimate of drug-likeness (QED) is 0.744. The van der Waals surface area contributed by atoms with Crippen molar-refractivity contribution in [3.63, 3.8) is 0 Å². The van der Waals surface area contributed by atoms with Crippen LogP contribution in [0.25, 0.3) is 5.57 Å². The number of carbonyl (C=O) groups excluding carboxylic acids is 1. The van der Waals surface area contributed by atoms with Gasteiger partial charge in [0.25, 0.3) is 0 Å². The minimum Gasteiger partial charge on any atom is -0.462 e. The van der Waals surface area contributed by atoms with Crippen molar-refractivity contribution in [3.8, 4) is 0 Å². The molecule has 0 heterocycles. The maximum absolute atomic E-state index is 11.7. The van der Waals surface area contributed by atoms with E-state index in [0.717, 1.165) is 12.8 Å². The number of carbonyl (C=O) groups is 1. The summed E-state index contributed by atoms with van der Waals surface area (Å²) in [5.41, 5.74) is 3.19. The minimum absolute atomic E-state index is 0.228. The average molecular weight is 244 g/mol. The Morgan fingerprint density at radius 2 is 2.17 bits per heavy atom. The van der Waals surface area contributed by atoms with Crippen molar-refractivity contribution >= 4 is 11.5 Å². The van der Waals surface area contributed by atoms with Crippen molar-refractivity contribution in [2.75, 3.05) is 6.61 Å². The van der Waals surface area contributed by atoms with Gasteiger partial charge in [-0.1, -0.05) is 24.6 Å². The number of benzene rings is 1. The predicted octanol–water partition coefficient (Wildman–Crippen LogP) is 4.21. The number of allylic oxidation sites excluding steroid dienone is 2. The van der Waals surface area contributed by atoms with Crippen molar-refractivity contribution < 1.29 is 9.53 Å². The number of esters is 1. The molecule has 2 heteroatoms. The van der Waals surface area contributed by atoms with Gasteiger partial charge in [0.05, 0.1) is 12.2 Å². The Bertz CT molecular complexity index is 446. The molecule has 2 rings (SSSR count). The van der Waals surface area contributed by atoms with Gasteiger partial charge < -0.3 is 4.74 Å². The highest BCUT2D eigenvalue weighted by Gasteiger charge is 2.10. The molecule has 0 saturated heterocycles. The molecule has 0 saturated carbocycles. The molecular formula is C16H20O2. The average Bonchev–Trinajstić information content (AvgIpc) is 2.68. The first-order chi connectivity index (χ1) is 8.81. The third-order valence-corrected chi connectivity index (χ3v) is 3.29. The summed E-state index contributed by atoms with van der Waals surface area (Å²) in [5, 5.41) is 0. The molecular weight excluding hydrogens is 224 g/mol. The van der Waals surface area contributed by atoms with E-state index in [1.807, 2.05) is 25.1 Å². The van der Waals surface area contributed by atoms with Gasteiger partial charge in [0.2, 0.25) is 0 Å². The third-order valence-electron chi connectivity index (χ3n) is 3.29. The van der Waals surface area contributed by atoms with E-state index in [0.29, 0.717) is 12.2 Å². The molecule has 0 fully saturated rings. The van der Waals surface area contributed by atoms with Gasteiger partial charge in [0, 0.05) is 0 Å². The first-order valence-electron chi connectivity index (χ1n) is 6.78. The highest BCUT2D eigenvalue weighted by molar-refractivity contribution is 5.90. The molecule has 0 amide bonds. The summed E-state index contributed by atoms with van der Waals surface area (Å²) in [6.45, 7) is 2.25. The topological polar surface area (TPSA) is 26.3 Å². The van der Waals surface area contributed by atoms with E-state index in [1.54, 1.807) is 0 Å². The Morgan fingerprint density at radius 1 is 1.28 bits per heavy atom. The molecule has 0 N–H and O–H groups in total. The lowest BCUT2D eigenvalue weighted by atomic mass is 9.99. The molecule has 0 aliphatic heterocycles. The number of hydrogen-bond donors (Lipinski definition) is 0. The van der Waals surface area contributed by atoms with Crippen LogP contribution in [0.2, 0.25) is 0 Å². The summed E-state index contributed by atoms with van der Waals surface area (Å²) >= 11 is 0. The summed E-state index contributed by atoms with van der Waals surface area (Å²) in [7, 11) is 0. The fourth-order valence-electron chi connectivity index (χ4n) is 2.34. The normalized spacial score (nSPS) is 15.7. The van der Waals surface area contributed by atoms with Crippen LogP contribution in [0.1, 0.15) is 54.9 Å². The number of rotatable bonds is 3. The zero-order chi connectivity index (χ0) is 12.8. The zero-order valence-electron chi connectivity index (χ0n) is 10.9. The Balaban J connectivity index is 2.20. The van der Waals surface area contributed by atoms with Crippen LogP contribution in [-0.2, 0) is 4.74 Å². The first-order valence-corrected chi connectivity index (χ1v) is 6.78. The van der Waals surface area contributed by atoms with E-state index in [2.05, 4.69) is 12.1 Å². The van der Waals surface area contributed by atoms with E-state index in [1.165, 1.54) is 30.4 Å². The van der Waals surface area contributed by atoms with Crippen LogP contribution in [-0.4, -0.2) is 12.6 Å². The van der Waals surface area contributed by atoms with Crippen LogP contribution < -0.4 is 0 Å². The second-order valence-corrected chi connectivity index (χ2v) is 4.63. The molecule has 1 aromatic rings. The lowest BCUT2D eigenvalue weighted by Crippen LogP contribution is -2.04. The molecule has 0 radical (unpaired) electrons. The molecule has 1 aliphatic rings. The molecule has 0 atom stereocenters. The Kier molecular flexibility index (Phi) is 4.57. The van der Waals surface area contributed by atoms with E-state index in [4.69, 9.17) is 4.74 Å². The molecule has 0 spiro atoms. The monoisotopic (exact) mass is 244 g/mol. The number of hydrogen-bond acceptors (Lipinski definition) is 2. The van der Waals surface area contributed by atoms with Crippen molar-refractivity contribution in [1.29, 1.82) is 0 Å². The molecule has 0 unspecified atom stereocenters. The fraction of sp³-hybridized carbons (Fsp3) is 0.438. The van der Waals surface area contributed by atoms with Gasteiger partial charge in [-0.2, -0.15) is 0 Å². The Labute approximate surface area is 109 Å². The molecule has 1 aliphatic carbocycles. The maximum atomic E-state index is 11.7. The summed E-state index contributed by atoms with van der Waals surface area (Å²) in [6.07, 6.45) is 8.41. The fourth-order valence-corrected chi connectivity index (χ4v) is 2.34. The van der Waals surface area contributed by atoms with Gasteiger partial charge in [-0.25, -0.2) is 4.79 Å². The first kappa shape index (κ1) is 12.9. The molecule has 0 aromatic heterocycles. The molecule has 18 heavy (non-hydrogen) atoms. The van der Waals surface area contributed by atoms with Gasteiger partial charge in [0.1, 0.15) is 0 Å². The Morgan fingerprint density at radius 3 is 3.00 bits per heavy atom. The molecule has 0 bridgehead atoms. The summed E-state index contributed by atoms with van der Waals surface area (Å²) in [6, 6.07) is 7.79. The lowest BCUT2D eigenvalue weighted by molar-refractivity contribution is 0.0526. The maximum Gasteiger partial charge on any atom is 0.338 e. The van der Waals surface area contributed by atoms with Gasteiger partial charge in [-0.3, -0.25) is 0 Å². The van der Waals surface area contributed by atoms with Gasteiger partial charge >= 0.3 is 5.97 Å². The van der Waals surface area contributed by atoms with Crippen molar-refractivity contribution in [2.45, 2.75) is 39.0 Å². The largest absolute Gasteiger partial charge is 0.462 e. The van der Waals surface area contributed by atoms with Gasteiger partial charge in [-0.05, 0) is 55.9 Å². The SMILES string of the molecule is CCOC(=O)c1cccc(C2=CCCCCC2)c1. The van der Waals surface area contributed by atoms with E-state index in [9.17, 15) is 4.79 Å². The van der Waals surface area contributed by atoms with Crippen LogP contribution in [0.15, 0.2) is 30.3 Å². The smallest absolute Gasteiger partial charge is 0.338 e. The molecule has 2 nitrogen and oxygen atoms in total. The van der Waals surface area contributed by atoms with E-state index >= 15 is 0 Å². The predicted molar refractivity (Wildman–Crippen MR) is 73.5 cm³/mol. The highest BCUT2D eigenvalue weighted by atomic mass is 16.5. The Hall–Kier alpha value is -1.57. The van der Waals surface area contributed by atoms with Crippen molar-refractivity contribution in [2.24, 2.45) is 0 Å². The standard InChI is InChI=1S/C16H20O2/c1-2-18-16(17)15-11-7-10-14(12-15)13-8-5-3-4-6-9-13/h7-8,10-12H,2-6,9H2,1H3. The molecule has 1 aromatic carbocycles. The van der Waals surface area contributed by atoms with Crippen molar-refractivity contribution in [1.82, 2.24) is 0 Å². The van der Waals surface area contributed by atoms with Gasteiger partial charge in [0.15, 0.2) is 0 Å². The highest BCUT2D eigenvalue weighted by Crippen LogP contribution is 2.26. The van der Waals surface area contributed by atoms with Crippen molar-refractivity contribution in [3.05, 3.63) is 41.5 Å². The minimum atomic E-state index is -0.228. The third kappa shape index (κ3) is 3.22. The summed E-state index contributed by atoms with van der Waals surface area (Å²) in [4.78, 5) is 11.7. The van der Waals surface area contributed by atoms with E-state index < -0.39 is 0 Å². The van der Waals surface area contributed by atoms with Crippen LogP contribution in [0.4, 0.5) is 0 Å². The lowest BCUT2D eigenvalue weighted by Gasteiger charge is -2.08. The molecule has 96 valence electrons.